The highest BCUT2D eigenvalue weighted by molar-refractivity contribution is 5.70. The van der Waals surface area contributed by atoms with Crippen molar-refractivity contribution < 1.29 is 9.85 Å². The van der Waals surface area contributed by atoms with Gasteiger partial charge in [0.25, 0.3) is 11.4 Å². The van der Waals surface area contributed by atoms with E-state index in [-0.39, 0.29) is 11.3 Å². The Bertz CT molecular complexity index is 490. The minimum atomic E-state index is -0.872. The monoisotopic (exact) mass is 208 g/mol. The van der Waals surface area contributed by atoms with Crippen LogP contribution in [0.5, 0.6) is 0 Å². The lowest BCUT2D eigenvalue weighted by Crippen LogP contribution is -2.00. The van der Waals surface area contributed by atoms with Crippen molar-refractivity contribution in [2.75, 3.05) is 5.73 Å². The molecule has 0 aliphatic rings. The number of non-ortho nitro benzene ring substituents is 1. The number of nitrogens with two attached hydrogens (primary N) is 1. The van der Waals surface area contributed by atoms with Crippen LogP contribution < -0.4 is 5.73 Å². The quantitative estimate of drug-likeness (QED) is 0.436. The molecule has 0 aromatic heterocycles. The molecule has 0 aliphatic carbocycles. The van der Waals surface area contributed by atoms with Gasteiger partial charge in [0.05, 0.1) is 21.5 Å². The second-order valence-electron chi connectivity index (χ2n) is 2.55. The molecule has 0 radical (unpaired) electrons. The van der Waals surface area contributed by atoms with Crippen molar-refractivity contribution in [3.05, 3.63) is 37.9 Å². The van der Waals surface area contributed by atoms with Gasteiger partial charge < -0.3 is 5.73 Å². The number of rotatable bonds is 2. The zero-order chi connectivity index (χ0) is 11.6. The van der Waals surface area contributed by atoms with Gasteiger partial charge in [0.15, 0.2) is 0 Å². The van der Waals surface area contributed by atoms with Crippen molar-refractivity contribution in [1.82, 2.24) is 0 Å². The largest absolute Gasteiger partial charge is 0.392 e. The number of benzene rings is 1. The van der Waals surface area contributed by atoms with Gasteiger partial charge in [0, 0.05) is 6.07 Å². The van der Waals surface area contributed by atoms with E-state index in [1.54, 1.807) is 6.07 Å². The van der Waals surface area contributed by atoms with Gasteiger partial charge in [-0.3, -0.25) is 20.2 Å². The number of nitro groups is 2. The van der Waals surface area contributed by atoms with E-state index >= 15 is 0 Å². The molecule has 1 aromatic carbocycles. The van der Waals surface area contributed by atoms with E-state index < -0.39 is 21.2 Å². The molecule has 0 heterocycles. The number of hydrogen-bond donors (Lipinski definition) is 1. The van der Waals surface area contributed by atoms with Gasteiger partial charge in [-0.2, -0.15) is 5.26 Å². The van der Waals surface area contributed by atoms with Crippen LogP contribution in [0, 0.1) is 31.6 Å². The average Bonchev–Trinajstić information content (AvgIpc) is 2.17. The number of nitriles is 1. The van der Waals surface area contributed by atoms with Gasteiger partial charge in [-0.15, -0.1) is 0 Å². The molecule has 15 heavy (non-hydrogen) atoms. The second kappa shape index (κ2) is 3.59. The first-order valence-corrected chi connectivity index (χ1v) is 3.59. The van der Waals surface area contributed by atoms with Crippen molar-refractivity contribution in [2.45, 2.75) is 0 Å². The topological polar surface area (TPSA) is 136 Å². The zero-order valence-electron chi connectivity index (χ0n) is 7.21. The number of nitrogens with zero attached hydrogens (tertiary/aromatic N) is 3. The first-order valence-electron chi connectivity index (χ1n) is 3.59. The number of nitro benzene ring substituents is 2. The van der Waals surface area contributed by atoms with Crippen LogP contribution in [0.2, 0.25) is 0 Å². The number of anilines is 1. The fourth-order valence-corrected chi connectivity index (χ4v) is 0.972. The summed E-state index contributed by atoms with van der Waals surface area (Å²) in [5, 5.41) is 29.4. The molecule has 0 unspecified atom stereocenters. The Balaban J connectivity index is 3.54. The van der Waals surface area contributed by atoms with Gasteiger partial charge in [0.1, 0.15) is 11.8 Å². The summed E-state index contributed by atoms with van der Waals surface area (Å²) in [5.41, 5.74) is 3.46. The highest BCUT2D eigenvalue weighted by atomic mass is 16.6. The summed E-state index contributed by atoms with van der Waals surface area (Å²) in [6.45, 7) is 0. The van der Waals surface area contributed by atoms with Crippen LogP contribution in [0.15, 0.2) is 12.1 Å². The van der Waals surface area contributed by atoms with E-state index in [9.17, 15) is 20.2 Å². The molecule has 0 bridgehead atoms. The number of nitrogen functional groups attached to an aromatic ring is 1. The van der Waals surface area contributed by atoms with Gasteiger partial charge in [-0.1, -0.05) is 0 Å². The molecule has 8 nitrogen and oxygen atoms in total. The molecular formula is C7H4N4O4. The Morgan fingerprint density at radius 3 is 2.27 bits per heavy atom. The maximum absolute atomic E-state index is 10.5. The van der Waals surface area contributed by atoms with E-state index in [0.29, 0.717) is 0 Å². The third kappa shape index (κ3) is 1.80. The average molecular weight is 208 g/mol. The van der Waals surface area contributed by atoms with Crippen molar-refractivity contribution >= 4 is 17.1 Å². The Labute approximate surface area is 82.8 Å². The second-order valence-corrected chi connectivity index (χ2v) is 2.55. The summed E-state index contributed by atoms with van der Waals surface area (Å²) in [6.07, 6.45) is 0. The minimum Gasteiger partial charge on any atom is -0.392 e. The van der Waals surface area contributed by atoms with E-state index in [1.165, 1.54) is 0 Å². The normalized spacial score (nSPS) is 9.27. The summed E-state index contributed by atoms with van der Waals surface area (Å²) < 4.78 is 0. The molecule has 2 N–H and O–H groups in total. The maximum Gasteiger partial charge on any atom is 0.300 e. The first-order chi connectivity index (χ1) is 6.97. The zero-order valence-corrected chi connectivity index (χ0v) is 7.21. The lowest BCUT2D eigenvalue weighted by molar-refractivity contribution is -0.393. The Morgan fingerprint density at radius 1 is 1.27 bits per heavy atom. The molecule has 1 aromatic rings. The first kappa shape index (κ1) is 10.4. The molecule has 0 saturated carbocycles. The summed E-state index contributed by atoms with van der Waals surface area (Å²) in [6, 6.07) is 3.16. The minimum absolute atomic E-state index is 0.282. The summed E-state index contributed by atoms with van der Waals surface area (Å²) in [5.74, 6) is 0. The molecule has 0 spiro atoms. The van der Waals surface area contributed by atoms with Gasteiger partial charge in [-0.25, -0.2) is 0 Å². The van der Waals surface area contributed by atoms with E-state index in [1.807, 2.05) is 0 Å². The Morgan fingerprint density at radius 2 is 1.87 bits per heavy atom. The van der Waals surface area contributed by atoms with Gasteiger partial charge in [0.2, 0.25) is 0 Å². The van der Waals surface area contributed by atoms with Crippen LogP contribution in [-0.2, 0) is 0 Å². The standard InChI is InChI=1S/C7H4N4O4/c8-3-4-1-5(10(12)13)2-6(7(4)9)11(14)15/h1-2H,9H2. The molecule has 0 saturated heterocycles. The maximum atomic E-state index is 10.5. The van der Waals surface area contributed by atoms with Crippen molar-refractivity contribution in [2.24, 2.45) is 0 Å². The van der Waals surface area contributed by atoms with Crippen LogP contribution >= 0.6 is 0 Å². The predicted octanol–water partition coefficient (Wildman–Crippen LogP) is 0.957. The number of hydrogen-bond acceptors (Lipinski definition) is 6. The van der Waals surface area contributed by atoms with Crippen LogP contribution in [-0.4, -0.2) is 9.85 Å². The Hall–Kier alpha value is -2.69. The van der Waals surface area contributed by atoms with E-state index in [0.717, 1.165) is 12.1 Å². The molecule has 0 aliphatic heterocycles. The van der Waals surface area contributed by atoms with Crippen LogP contribution in [0.3, 0.4) is 0 Å². The van der Waals surface area contributed by atoms with E-state index in [4.69, 9.17) is 11.0 Å². The van der Waals surface area contributed by atoms with Crippen molar-refractivity contribution in [1.29, 1.82) is 5.26 Å². The fraction of sp³-hybridized carbons (Fsp3) is 0. The van der Waals surface area contributed by atoms with Crippen molar-refractivity contribution in [3.8, 4) is 6.07 Å². The fourth-order valence-electron chi connectivity index (χ4n) is 0.972. The SMILES string of the molecule is N#Cc1cc([N+](=O)[O-])cc([N+](=O)[O-])c1N. The Kier molecular flexibility index (Phi) is 2.48. The van der Waals surface area contributed by atoms with E-state index in [2.05, 4.69) is 0 Å². The summed E-state index contributed by atoms with van der Waals surface area (Å²) in [7, 11) is 0. The lowest BCUT2D eigenvalue weighted by Gasteiger charge is -1.99. The third-order valence-corrected chi connectivity index (χ3v) is 1.67. The molecule has 0 amide bonds. The lowest BCUT2D eigenvalue weighted by atomic mass is 10.1. The molecular weight excluding hydrogens is 204 g/mol. The van der Waals surface area contributed by atoms with Crippen LogP contribution in [0.1, 0.15) is 5.56 Å². The summed E-state index contributed by atoms with van der Waals surface area (Å²) >= 11 is 0. The highest BCUT2D eigenvalue weighted by Gasteiger charge is 2.21. The molecule has 0 fully saturated rings. The smallest absolute Gasteiger partial charge is 0.300 e. The van der Waals surface area contributed by atoms with Crippen LogP contribution in [0.25, 0.3) is 0 Å². The van der Waals surface area contributed by atoms with Gasteiger partial charge >= 0.3 is 0 Å². The van der Waals surface area contributed by atoms with Crippen molar-refractivity contribution in [3.63, 3.8) is 0 Å². The predicted molar refractivity (Wildman–Crippen MR) is 48.9 cm³/mol. The molecule has 8 heteroatoms. The highest BCUT2D eigenvalue weighted by Crippen LogP contribution is 2.30. The molecule has 1 rings (SSSR count). The van der Waals surface area contributed by atoms with Crippen LogP contribution in [0.4, 0.5) is 17.1 Å². The molecule has 0 atom stereocenters. The summed E-state index contributed by atoms with van der Waals surface area (Å²) in [4.78, 5) is 19.1. The third-order valence-electron chi connectivity index (χ3n) is 1.67. The molecule has 76 valence electrons. The van der Waals surface area contributed by atoms with Gasteiger partial charge in [-0.05, 0) is 0 Å².